The minimum absolute atomic E-state index is 0.00174. The average molecular weight is 344 g/mol. The van der Waals surface area contributed by atoms with Gasteiger partial charge in [-0.15, -0.1) is 0 Å². The van der Waals surface area contributed by atoms with Crippen LogP contribution in [0.25, 0.3) is 0 Å². The Morgan fingerprint density at radius 3 is 2.65 bits per heavy atom. The molecule has 2 N–H and O–H groups in total. The van der Waals surface area contributed by atoms with E-state index in [2.05, 4.69) is 21.2 Å². The number of rotatable bonds is 5. The molecule has 6 heteroatoms. The zero-order valence-corrected chi connectivity index (χ0v) is 12.5. The third-order valence-electron chi connectivity index (χ3n) is 3.44. The van der Waals surface area contributed by atoms with Crippen LogP contribution in [0.15, 0.2) is 22.7 Å². The Balaban J connectivity index is 2.23. The molecular formula is C14H15BrFNO3. The maximum atomic E-state index is 13.1. The lowest BCUT2D eigenvalue weighted by Gasteiger charge is -2.24. The standard InChI is InChI=1S/C14H15BrFNO3/c1-14(13(19)20,12(18)17-10-4-5-10)7-8-2-3-9(16)6-11(8)15/h2-3,6,10H,4-5,7H2,1H3,(H,17,18)(H,19,20). The van der Waals surface area contributed by atoms with Crippen LogP contribution in [0.3, 0.4) is 0 Å². The van der Waals surface area contributed by atoms with E-state index in [4.69, 9.17) is 0 Å². The number of amides is 1. The molecule has 4 nitrogen and oxygen atoms in total. The summed E-state index contributed by atoms with van der Waals surface area (Å²) in [6, 6.07) is 4.10. The van der Waals surface area contributed by atoms with Crippen LogP contribution >= 0.6 is 15.9 Å². The summed E-state index contributed by atoms with van der Waals surface area (Å²) in [5.74, 6) is -2.10. The minimum atomic E-state index is -1.57. The molecule has 108 valence electrons. The van der Waals surface area contributed by atoms with Gasteiger partial charge in [-0.1, -0.05) is 22.0 Å². The Kier molecular flexibility index (Phi) is 4.13. The molecule has 1 atom stereocenters. The van der Waals surface area contributed by atoms with E-state index in [0.717, 1.165) is 12.8 Å². The van der Waals surface area contributed by atoms with E-state index in [-0.39, 0.29) is 12.5 Å². The second kappa shape index (κ2) is 5.52. The molecule has 1 aromatic rings. The SMILES string of the molecule is CC(Cc1ccc(F)cc1Br)(C(=O)O)C(=O)NC1CC1. The molecule has 0 saturated heterocycles. The van der Waals surface area contributed by atoms with Crippen LogP contribution in [0, 0.1) is 11.2 Å². The van der Waals surface area contributed by atoms with Gasteiger partial charge in [-0.05, 0) is 43.9 Å². The fourth-order valence-corrected chi connectivity index (χ4v) is 2.36. The monoisotopic (exact) mass is 343 g/mol. The number of carbonyl (C=O) groups is 2. The molecule has 0 heterocycles. The number of aliphatic carboxylic acids is 1. The van der Waals surface area contributed by atoms with Crippen molar-refractivity contribution in [2.45, 2.75) is 32.2 Å². The van der Waals surface area contributed by atoms with E-state index in [1.54, 1.807) is 0 Å². The van der Waals surface area contributed by atoms with Crippen LogP contribution in [0.5, 0.6) is 0 Å². The lowest BCUT2D eigenvalue weighted by atomic mass is 9.82. The van der Waals surface area contributed by atoms with Gasteiger partial charge in [0.15, 0.2) is 0 Å². The quantitative estimate of drug-likeness (QED) is 0.807. The molecule has 1 aliphatic carbocycles. The van der Waals surface area contributed by atoms with Gasteiger partial charge in [0.1, 0.15) is 11.2 Å². The summed E-state index contributed by atoms with van der Waals surface area (Å²) in [7, 11) is 0. The smallest absolute Gasteiger partial charge is 0.319 e. The van der Waals surface area contributed by atoms with E-state index >= 15 is 0 Å². The van der Waals surface area contributed by atoms with Crippen molar-refractivity contribution in [1.82, 2.24) is 5.32 Å². The van der Waals surface area contributed by atoms with Crippen LogP contribution in [-0.2, 0) is 16.0 Å². The predicted octanol–water partition coefficient (Wildman–Crippen LogP) is 2.50. The largest absolute Gasteiger partial charge is 0.480 e. The second-order valence-corrected chi connectivity index (χ2v) is 6.15. The van der Waals surface area contributed by atoms with Crippen molar-refractivity contribution in [3.8, 4) is 0 Å². The molecule has 1 fully saturated rings. The number of halogens is 2. The summed E-state index contributed by atoms with van der Waals surface area (Å²) in [6.45, 7) is 1.39. The van der Waals surface area contributed by atoms with Gasteiger partial charge in [0.25, 0.3) is 0 Å². The first kappa shape index (κ1) is 15.0. The lowest BCUT2D eigenvalue weighted by molar-refractivity contribution is -0.154. The highest BCUT2D eigenvalue weighted by molar-refractivity contribution is 9.10. The Labute approximate surface area is 124 Å². The molecule has 2 rings (SSSR count). The summed E-state index contributed by atoms with van der Waals surface area (Å²) in [6.07, 6.45) is 1.78. The summed E-state index contributed by atoms with van der Waals surface area (Å²) >= 11 is 3.20. The van der Waals surface area contributed by atoms with Crippen molar-refractivity contribution in [3.63, 3.8) is 0 Å². The van der Waals surface area contributed by atoms with Gasteiger partial charge in [-0.2, -0.15) is 0 Å². The van der Waals surface area contributed by atoms with Crippen LogP contribution in [-0.4, -0.2) is 23.0 Å². The average Bonchev–Trinajstić information content (AvgIpc) is 3.16. The van der Waals surface area contributed by atoms with Crippen LogP contribution in [0.4, 0.5) is 4.39 Å². The molecule has 1 aliphatic rings. The minimum Gasteiger partial charge on any atom is -0.480 e. The van der Waals surface area contributed by atoms with Crippen molar-refractivity contribution in [1.29, 1.82) is 0 Å². The number of carboxylic acids is 1. The van der Waals surface area contributed by atoms with Crippen LogP contribution in [0.2, 0.25) is 0 Å². The Hall–Kier alpha value is -1.43. The first-order valence-electron chi connectivity index (χ1n) is 6.31. The van der Waals surface area contributed by atoms with E-state index in [1.807, 2.05) is 0 Å². The third kappa shape index (κ3) is 3.17. The molecular weight excluding hydrogens is 329 g/mol. The molecule has 0 bridgehead atoms. The number of carboxylic acid groups (broad SMARTS) is 1. The van der Waals surface area contributed by atoms with Crippen molar-refractivity contribution in [2.24, 2.45) is 5.41 Å². The van der Waals surface area contributed by atoms with Gasteiger partial charge in [0.05, 0.1) is 0 Å². The molecule has 1 aromatic carbocycles. The summed E-state index contributed by atoms with van der Waals surface area (Å²) in [5, 5.41) is 12.1. The summed E-state index contributed by atoms with van der Waals surface area (Å²) in [4.78, 5) is 23.7. The van der Waals surface area contributed by atoms with Gasteiger partial charge in [-0.25, -0.2) is 4.39 Å². The third-order valence-corrected chi connectivity index (χ3v) is 4.18. The number of benzene rings is 1. The molecule has 1 unspecified atom stereocenters. The predicted molar refractivity (Wildman–Crippen MR) is 74.7 cm³/mol. The number of carbonyl (C=O) groups excluding carboxylic acids is 1. The highest BCUT2D eigenvalue weighted by Crippen LogP contribution is 2.30. The maximum absolute atomic E-state index is 13.1. The van der Waals surface area contributed by atoms with Crippen molar-refractivity contribution in [2.75, 3.05) is 0 Å². The van der Waals surface area contributed by atoms with Gasteiger partial charge in [-0.3, -0.25) is 9.59 Å². The Morgan fingerprint density at radius 1 is 1.50 bits per heavy atom. The summed E-state index contributed by atoms with van der Waals surface area (Å²) < 4.78 is 13.5. The molecule has 0 aliphatic heterocycles. The number of nitrogens with one attached hydrogen (secondary N) is 1. The molecule has 1 amide bonds. The van der Waals surface area contributed by atoms with Gasteiger partial charge < -0.3 is 10.4 Å². The zero-order chi connectivity index (χ0) is 14.9. The normalized spacial score (nSPS) is 17.4. The van der Waals surface area contributed by atoms with Crippen LogP contribution < -0.4 is 5.32 Å². The first-order valence-corrected chi connectivity index (χ1v) is 7.10. The number of hydrogen-bond donors (Lipinski definition) is 2. The van der Waals surface area contributed by atoms with Gasteiger partial charge in [0.2, 0.25) is 5.91 Å². The van der Waals surface area contributed by atoms with Crippen LogP contribution in [0.1, 0.15) is 25.3 Å². The lowest BCUT2D eigenvalue weighted by Crippen LogP contribution is -2.46. The van der Waals surface area contributed by atoms with E-state index in [0.29, 0.717) is 10.0 Å². The highest BCUT2D eigenvalue weighted by Gasteiger charge is 2.43. The van der Waals surface area contributed by atoms with E-state index in [1.165, 1.54) is 25.1 Å². The van der Waals surface area contributed by atoms with Gasteiger partial charge in [0, 0.05) is 10.5 Å². The van der Waals surface area contributed by atoms with Gasteiger partial charge >= 0.3 is 5.97 Å². The molecule has 0 spiro atoms. The molecule has 1 saturated carbocycles. The Morgan fingerprint density at radius 2 is 2.15 bits per heavy atom. The Bertz CT molecular complexity index is 559. The zero-order valence-electron chi connectivity index (χ0n) is 11.0. The van der Waals surface area contributed by atoms with Crippen molar-refractivity contribution in [3.05, 3.63) is 34.1 Å². The molecule has 0 radical (unpaired) electrons. The second-order valence-electron chi connectivity index (χ2n) is 5.30. The summed E-state index contributed by atoms with van der Waals surface area (Å²) in [5.41, 5.74) is -0.981. The first-order chi connectivity index (χ1) is 9.33. The van der Waals surface area contributed by atoms with Crippen molar-refractivity contribution >= 4 is 27.8 Å². The van der Waals surface area contributed by atoms with E-state index in [9.17, 15) is 19.1 Å². The number of hydrogen-bond acceptors (Lipinski definition) is 2. The maximum Gasteiger partial charge on any atom is 0.319 e. The molecule has 20 heavy (non-hydrogen) atoms. The topological polar surface area (TPSA) is 66.4 Å². The molecule has 0 aromatic heterocycles. The fourth-order valence-electron chi connectivity index (χ4n) is 1.87. The van der Waals surface area contributed by atoms with E-state index < -0.39 is 23.1 Å². The fraction of sp³-hybridized carbons (Fsp3) is 0.429. The van der Waals surface area contributed by atoms with Crippen molar-refractivity contribution < 1.29 is 19.1 Å². The highest BCUT2D eigenvalue weighted by atomic mass is 79.9.